The molecule has 4 aromatic rings. The topological polar surface area (TPSA) is 94.8 Å². The molecule has 0 spiro atoms. The standard InChI is InChI=1S/C24H28N6OS/c1-15(2)26-9-5-10-30-23-21(22(25)27-14-28-23)29-24(30)32-20-13-17-7-3-6-16(17)12-18(20)19-8-4-11-31-19/h4,8,11-15,26H,3,5-7,9-10H2,1-2H3,(H2,25,27,28). The molecule has 0 unspecified atom stereocenters. The summed E-state index contributed by atoms with van der Waals surface area (Å²) >= 11 is 1.65. The van der Waals surface area contributed by atoms with Gasteiger partial charge in [0.15, 0.2) is 22.1 Å². The predicted molar refractivity (Wildman–Crippen MR) is 128 cm³/mol. The molecule has 166 valence electrons. The number of rotatable bonds is 8. The largest absolute Gasteiger partial charge is 0.464 e. The second kappa shape index (κ2) is 8.96. The Morgan fingerprint density at radius 2 is 2.06 bits per heavy atom. The van der Waals surface area contributed by atoms with Crippen molar-refractivity contribution >= 4 is 28.7 Å². The molecule has 1 aromatic carbocycles. The van der Waals surface area contributed by atoms with Crippen LogP contribution in [0.25, 0.3) is 22.5 Å². The molecule has 1 aliphatic rings. The lowest BCUT2D eigenvalue weighted by atomic mass is 10.0. The van der Waals surface area contributed by atoms with Gasteiger partial charge in [0.05, 0.1) is 6.26 Å². The number of imidazole rings is 1. The van der Waals surface area contributed by atoms with Gasteiger partial charge in [0, 0.05) is 23.0 Å². The number of nitrogens with one attached hydrogen (secondary N) is 1. The summed E-state index contributed by atoms with van der Waals surface area (Å²) in [7, 11) is 0. The van der Waals surface area contributed by atoms with Gasteiger partial charge in [-0.2, -0.15) is 0 Å². The van der Waals surface area contributed by atoms with Crippen LogP contribution in [0.15, 0.2) is 51.3 Å². The highest BCUT2D eigenvalue weighted by Gasteiger charge is 2.21. The number of nitrogen functional groups attached to an aromatic ring is 1. The van der Waals surface area contributed by atoms with E-state index in [2.05, 4.69) is 45.8 Å². The first-order chi connectivity index (χ1) is 15.6. The van der Waals surface area contributed by atoms with E-state index in [9.17, 15) is 0 Å². The van der Waals surface area contributed by atoms with Crippen LogP contribution in [0.2, 0.25) is 0 Å². The first-order valence-electron chi connectivity index (χ1n) is 11.2. The molecule has 0 saturated heterocycles. The molecule has 3 heterocycles. The quantitative estimate of drug-likeness (QED) is 0.377. The fraction of sp³-hybridized carbons (Fsp3) is 0.375. The molecular formula is C24H28N6OS. The number of hydrogen-bond donors (Lipinski definition) is 2. The molecule has 0 aliphatic heterocycles. The average molecular weight is 449 g/mol. The molecule has 3 N–H and O–H groups in total. The van der Waals surface area contributed by atoms with Crippen molar-refractivity contribution < 1.29 is 4.42 Å². The Balaban J connectivity index is 1.54. The summed E-state index contributed by atoms with van der Waals surface area (Å²) in [5.74, 6) is 1.29. The van der Waals surface area contributed by atoms with Gasteiger partial charge in [0.2, 0.25) is 0 Å². The summed E-state index contributed by atoms with van der Waals surface area (Å²) < 4.78 is 7.94. The fourth-order valence-corrected chi connectivity index (χ4v) is 5.34. The number of fused-ring (bicyclic) bond motifs is 2. The number of anilines is 1. The molecule has 0 fully saturated rings. The van der Waals surface area contributed by atoms with Gasteiger partial charge in [-0.1, -0.05) is 25.6 Å². The molecule has 5 rings (SSSR count). The first-order valence-corrected chi connectivity index (χ1v) is 12.0. The fourth-order valence-electron chi connectivity index (χ4n) is 4.25. The Hall–Kier alpha value is -2.84. The maximum absolute atomic E-state index is 6.14. The summed E-state index contributed by atoms with van der Waals surface area (Å²) in [4.78, 5) is 14.7. The van der Waals surface area contributed by atoms with Gasteiger partial charge in [0.1, 0.15) is 12.1 Å². The lowest BCUT2D eigenvalue weighted by Crippen LogP contribution is -2.24. The highest BCUT2D eigenvalue weighted by atomic mass is 32.2. The van der Waals surface area contributed by atoms with Crippen LogP contribution in [-0.2, 0) is 19.4 Å². The van der Waals surface area contributed by atoms with E-state index in [1.165, 1.54) is 23.9 Å². The van der Waals surface area contributed by atoms with Crippen molar-refractivity contribution in [3.63, 3.8) is 0 Å². The number of nitrogens with zero attached hydrogens (tertiary/aromatic N) is 4. The molecule has 7 nitrogen and oxygen atoms in total. The van der Waals surface area contributed by atoms with Crippen molar-refractivity contribution in [2.24, 2.45) is 0 Å². The van der Waals surface area contributed by atoms with Crippen LogP contribution in [0.3, 0.4) is 0 Å². The Bertz CT molecular complexity index is 1230. The van der Waals surface area contributed by atoms with Crippen LogP contribution < -0.4 is 11.1 Å². The summed E-state index contributed by atoms with van der Waals surface area (Å²) in [5, 5.41) is 4.36. The van der Waals surface area contributed by atoms with E-state index in [0.717, 1.165) is 59.4 Å². The van der Waals surface area contributed by atoms with E-state index in [1.807, 2.05) is 12.1 Å². The molecule has 0 saturated carbocycles. The minimum atomic E-state index is 0.413. The third-order valence-corrected chi connectivity index (χ3v) is 6.87. The van der Waals surface area contributed by atoms with Gasteiger partial charge < -0.3 is 20.0 Å². The number of nitrogens with two attached hydrogens (primary N) is 1. The number of benzene rings is 1. The lowest BCUT2D eigenvalue weighted by molar-refractivity contribution is 0.525. The number of furan rings is 1. The van der Waals surface area contributed by atoms with Crippen molar-refractivity contribution in [2.75, 3.05) is 12.3 Å². The van der Waals surface area contributed by atoms with Crippen molar-refractivity contribution in [3.8, 4) is 11.3 Å². The van der Waals surface area contributed by atoms with E-state index in [1.54, 1.807) is 18.0 Å². The van der Waals surface area contributed by atoms with Gasteiger partial charge in [-0.3, -0.25) is 0 Å². The Labute approximate surface area is 191 Å². The highest BCUT2D eigenvalue weighted by molar-refractivity contribution is 7.99. The van der Waals surface area contributed by atoms with Crippen molar-refractivity contribution in [2.45, 2.75) is 62.2 Å². The van der Waals surface area contributed by atoms with Gasteiger partial charge in [-0.05, 0) is 67.6 Å². The maximum Gasteiger partial charge on any atom is 0.175 e. The molecule has 3 aromatic heterocycles. The van der Waals surface area contributed by atoms with Gasteiger partial charge >= 0.3 is 0 Å². The van der Waals surface area contributed by atoms with Crippen LogP contribution in [-0.4, -0.2) is 32.1 Å². The Morgan fingerprint density at radius 3 is 2.84 bits per heavy atom. The summed E-state index contributed by atoms with van der Waals surface area (Å²) in [6.45, 7) is 6.05. The highest BCUT2D eigenvalue weighted by Crippen LogP contribution is 2.40. The van der Waals surface area contributed by atoms with Crippen LogP contribution >= 0.6 is 11.8 Å². The summed E-state index contributed by atoms with van der Waals surface area (Å²) in [6, 6.07) is 9.01. The Kier molecular flexibility index (Phi) is 5.89. The zero-order valence-corrected chi connectivity index (χ0v) is 19.3. The molecule has 8 heteroatoms. The smallest absolute Gasteiger partial charge is 0.175 e. The van der Waals surface area contributed by atoms with Crippen molar-refractivity contribution in [3.05, 3.63) is 48.0 Å². The zero-order valence-electron chi connectivity index (χ0n) is 18.5. The van der Waals surface area contributed by atoms with Crippen LogP contribution in [0, 0.1) is 0 Å². The predicted octanol–water partition coefficient (Wildman–Crippen LogP) is 4.70. The summed E-state index contributed by atoms with van der Waals surface area (Å²) in [6.07, 6.45) is 7.66. The van der Waals surface area contributed by atoms with E-state index in [4.69, 9.17) is 15.1 Å². The lowest BCUT2D eigenvalue weighted by Gasteiger charge is -2.13. The van der Waals surface area contributed by atoms with E-state index in [0.29, 0.717) is 17.4 Å². The molecule has 0 atom stereocenters. The van der Waals surface area contributed by atoms with E-state index in [-0.39, 0.29) is 0 Å². The third-order valence-electron chi connectivity index (χ3n) is 5.82. The van der Waals surface area contributed by atoms with E-state index >= 15 is 0 Å². The maximum atomic E-state index is 6.14. The normalized spacial score (nSPS) is 13.3. The Morgan fingerprint density at radius 1 is 1.22 bits per heavy atom. The van der Waals surface area contributed by atoms with Crippen LogP contribution in [0.4, 0.5) is 5.82 Å². The van der Waals surface area contributed by atoms with Crippen molar-refractivity contribution in [1.82, 2.24) is 24.8 Å². The molecule has 0 radical (unpaired) electrons. The zero-order chi connectivity index (χ0) is 22.1. The molecule has 32 heavy (non-hydrogen) atoms. The monoisotopic (exact) mass is 448 g/mol. The molecule has 1 aliphatic carbocycles. The molecule has 0 amide bonds. The second-order valence-electron chi connectivity index (χ2n) is 8.49. The minimum absolute atomic E-state index is 0.413. The van der Waals surface area contributed by atoms with Crippen molar-refractivity contribution in [1.29, 1.82) is 0 Å². The number of aryl methyl sites for hydroxylation is 3. The molecular weight excluding hydrogens is 420 g/mol. The third kappa shape index (κ3) is 4.12. The SMILES string of the molecule is CC(C)NCCCn1c(Sc2cc3c(cc2-c2ccco2)CCC3)nc2c(N)ncnc21. The van der Waals surface area contributed by atoms with Crippen LogP contribution in [0.5, 0.6) is 0 Å². The minimum Gasteiger partial charge on any atom is -0.464 e. The van der Waals surface area contributed by atoms with Gasteiger partial charge in [-0.15, -0.1) is 0 Å². The summed E-state index contributed by atoms with van der Waals surface area (Å²) in [5.41, 5.74) is 11.5. The second-order valence-corrected chi connectivity index (χ2v) is 9.50. The van der Waals surface area contributed by atoms with Gasteiger partial charge in [0.25, 0.3) is 0 Å². The molecule has 0 bridgehead atoms. The number of hydrogen-bond acceptors (Lipinski definition) is 7. The number of aromatic nitrogens is 4. The van der Waals surface area contributed by atoms with Gasteiger partial charge in [-0.25, -0.2) is 15.0 Å². The van der Waals surface area contributed by atoms with E-state index < -0.39 is 0 Å². The average Bonchev–Trinajstić information content (AvgIpc) is 3.51. The first kappa shape index (κ1) is 21.0. The van der Waals surface area contributed by atoms with Crippen LogP contribution in [0.1, 0.15) is 37.8 Å².